The van der Waals surface area contributed by atoms with Gasteiger partial charge in [-0.1, -0.05) is 6.07 Å². The van der Waals surface area contributed by atoms with Gasteiger partial charge in [0.15, 0.2) is 0 Å². The predicted octanol–water partition coefficient (Wildman–Crippen LogP) is 4.21. The van der Waals surface area contributed by atoms with Crippen molar-refractivity contribution in [2.75, 3.05) is 5.73 Å². The molecular weight excluding hydrogens is 277 g/mol. The SMILES string of the molecule is Cc1cc(-c2ccc(F)c(N)c2)sc1Br. The average molecular weight is 286 g/mol. The van der Waals surface area contributed by atoms with Crippen molar-refractivity contribution in [3.05, 3.63) is 39.4 Å². The summed E-state index contributed by atoms with van der Waals surface area (Å²) in [6.45, 7) is 2.02. The van der Waals surface area contributed by atoms with E-state index in [0.29, 0.717) is 0 Å². The first-order chi connectivity index (χ1) is 7.08. The van der Waals surface area contributed by atoms with Gasteiger partial charge in [0, 0.05) is 4.88 Å². The van der Waals surface area contributed by atoms with Crippen LogP contribution in [0.4, 0.5) is 10.1 Å². The highest BCUT2D eigenvalue weighted by Crippen LogP contribution is 2.35. The summed E-state index contributed by atoms with van der Waals surface area (Å²) in [5.74, 6) is -0.369. The molecule has 0 saturated carbocycles. The van der Waals surface area contributed by atoms with E-state index in [0.717, 1.165) is 14.2 Å². The lowest BCUT2D eigenvalue weighted by molar-refractivity contribution is 0.633. The summed E-state index contributed by atoms with van der Waals surface area (Å²) in [6, 6.07) is 6.85. The van der Waals surface area contributed by atoms with Crippen molar-refractivity contribution in [3.63, 3.8) is 0 Å². The van der Waals surface area contributed by atoms with Crippen molar-refractivity contribution in [3.8, 4) is 10.4 Å². The molecule has 1 heterocycles. The largest absolute Gasteiger partial charge is 0.396 e. The van der Waals surface area contributed by atoms with Crippen molar-refractivity contribution >= 4 is 33.0 Å². The fourth-order valence-electron chi connectivity index (χ4n) is 1.30. The Hall–Kier alpha value is -0.870. The number of aryl methyl sites for hydroxylation is 1. The molecule has 0 aliphatic carbocycles. The van der Waals surface area contributed by atoms with Crippen LogP contribution in [0.1, 0.15) is 5.56 Å². The zero-order valence-electron chi connectivity index (χ0n) is 8.05. The van der Waals surface area contributed by atoms with Crippen LogP contribution >= 0.6 is 27.3 Å². The Kier molecular flexibility index (Phi) is 2.80. The molecule has 1 nitrogen and oxygen atoms in total. The van der Waals surface area contributed by atoms with E-state index in [9.17, 15) is 4.39 Å². The summed E-state index contributed by atoms with van der Waals surface area (Å²) in [5, 5.41) is 0. The maximum atomic E-state index is 13.0. The summed E-state index contributed by atoms with van der Waals surface area (Å²) >= 11 is 5.08. The minimum Gasteiger partial charge on any atom is -0.396 e. The van der Waals surface area contributed by atoms with Gasteiger partial charge >= 0.3 is 0 Å². The van der Waals surface area contributed by atoms with Gasteiger partial charge in [0.25, 0.3) is 0 Å². The first-order valence-electron chi connectivity index (χ1n) is 4.39. The third kappa shape index (κ3) is 2.06. The second kappa shape index (κ2) is 3.94. The van der Waals surface area contributed by atoms with Crippen molar-refractivity contribution in [1.82, 2.24) is 0 Å². The molecule has 1 aromatic heterocycles. The number of anilines is 1. The molecule has 2 aromatic rings. The van der Waals surface area contributed by atoms with Crippen molar-refractivity contribution in [2.24, 2.45) is 0 Å². The van der Waals surface area contributed by atoms with Crippen LogP contribution in [0.3, 0.4) is 0 Å². The summed E-state index contributed by atoms with van der Waals surface area (Å²) < 4.78 is 14.1. The number of nitrogen functional groups attached to an aromatic ring is 1. The molecule has 1 aromatic carbocycles. The Labute approximate surface area is 99.9 Å². The molecule has 0 fully saturated rings. The topological polar surface area (TPSA) is 26.0 Å². The number of rotatable bonds is 1. The van der Waals surface area contributed by atoms with Crippen LogP contribution in [-0.2, 0) is 0 Å². The number of nitrogens with two attached hydrogens (primary N) is 1. The fourth-order valence-corrected chi connectivity index (χ4v) is 2.83. The molecule has 0 radical (unpaired) electrons. The minimum absolute atomic E-state index is 0.190. The lowest BCUT2D eigenvalue weighted by Crippen LogP contribution is -1.89. The number of thiophene rings is 1. The quantitative estimate of drug-likeness (QED) is 0.781. The van der Waals surface area contributed by atoms with Crippen molar-refractivity contribution in [1.29, 1.82) is 0 Å². The van der Waals surface area contributed by atoms with E-state index in [1.807, 2.05) is 6.92 Å². The van der Waals surface area contributed by atoms with Crippen LogP contribution in [0.25, 0.3) is 10.4 Å². The molecule has 0 saturated heterocycles. The van der Waals surface area contributed by atoms with E-state index in [-0.39, 0.29) is 11.5 Å². The molecule has 4 heteroatoms. The van der Waals surface area contributed by atoms with Crippen molar-refractivity contribution in [2.45, 2.75) is 6.92 Å². The van der Waals surface area contributed by atoms with E-state index in [4.69, 9.17) is 5.73 Å². The Morgan fingerprint density at radius 1 is 1.33 bits per heavy atom. The Bertz CT molecular complexity index is 488. The zero-order chi connectivity index (χ0) is 11.0. The number of benzene rings is 1. The third-order valence-corrected chi connectivity index (χ3v) is 4.32. The minimum atomic E-state index is -0.369. The van der Waals surface area contributed by atoms with Crippen molar-refractivity contribution < 1.29 is 4.39 Å². The van der Waals surface area contributed by atoms with Crippen LogP contribution in [0.2, 0.25) is 0 Å². The van der Waals surface area contributed by atoms with Gasteiger partial charge in [-0.2, -0.15) is 0 Å². The van der Waals surface area contributed by atoms with E-state index >= 15 is 0 Å². The molecule has 2 N–H and O–H groups in total. The van der Waals surface area contributed by atoms with Gasteiger partial charge in [-0.15, -0.1) is 11.3 Å². The maximum absolute atomic E-state index is 13.0. The molecule has 0 amide bonds. The summed E-state index contributed by atoms with van der Waals surface area (Å²) in [7, 11) is 0. The highest BCUT2D eigenvalue weighted by atomic mass is 79.9. The molecule has 0 spiro atoms. The molecule has 0 aliphatic rings. The van der Waals surface area contributed by atoms with Gasteiger partial charge in [0.2, 0.25) is 0 Å². The fraction of sp³-hybridized carbons (Fsp3) is 0.0909. The van der Waals surface area contributed by atoms with E-state index < -0.39 is 0 Å². The highest BCUT2D eigenvalue weighted by molar-refractivity contribution is 9.11. The lowest BCUT2D eigenvalue weighted by Gasteiger charge is -2.00. The molecule has 2 rings (SSSR count). The van der Waals surface area contributed by atoms with Gasteiger partial charge in [0.1, 0.15) is 5.82 Å². The second-order valence-electron chi connectivity index (χ2n) is 3.30. The maximum Gasteiger partial charge on any atom is 0.146 e. The van der Waals surface area contributed by atoms with E-state index in [1.165, 1.54) is 11.6 Å². The van der Waals surface area contributed by atoms with Gasteiger partial charge in [-0.05, 0) is 52.2 Å². The summed E-state index contributed by atoms with van der Waals surface area (Å²) in [6.07, 6.45) is 0. The molecule has 0 bridgehead atoms. The molecular formula is C11H9BrFNS. The molecule has 0 aliphatic heterocycles. The standard InChI is InChI=1S/C11H9BrFNS/c1-6-4-10(15-11(6)12)7-2-3-8(13)9(14)5-7/h2-5H,14H2,1H3. The van der Waals surface area contributed by atoms with Crippen LogP contribution in [0.15, 0.2) is 28.1 Å². The van der Waals surface area contributed by atoms with Gasteiger partial charge in [-0.25, -0.2) is 4.39 Å². The highest BCUT2D eigenvalue weighted by Gasteiger charge is 2.07. The first-order valence-corrected chi connectivity index (χ1v) is 6.00. The van der Waals surface area contributed by atoms with Crippen LogP contribution in [0, 0.1) is 12.7 Å². The second-order valence-corrected chi connectivity index (χ2v) is 5.67. The van der Waals surface area contributed by atoms with E-state index in [1.54, 1.807) is 23.5 Å². The zero-order valence-corrected chi connectivity index (χ0v) is 10.5. The number of hydrogen-bond donors (Lipinski definition) is 1. The lowest BCUT2D eigenvalue weighted by atomic mass is 10.1. The third-order valence-electron chi connectivity index (χ3n) is 2.14. The van der Waals surface area contributed by atoms with Gasteiger partial charge < -0.3 is 5.73 Å². The first kappa shape index (κ1) is 10.6. The van der Waals surface area contributed by atoms with Gasteiger partial charge in [-0.3, -0.25) is 0 Å². The summed E-state index contributed by atoms with van der Waals surface area (Å²) in [4.78, 5) is 1.09. The van der Waals surface area contributed by atoms with Crippen LogP contribution in [0.5, 0.6) is 0 Å². The van der Waals surface area contributed by atoms with Gasteiger partial charge in [0.05, 0.1) is 9.47 Å². The molecule has 0 atom stereocenters. The van der Waals surface area contributed by atoms with Crippen LogP contribution in [-0.4, -0.2) is 0 Å². The Morgan fingerprint density at radius 3 is 2.60 bits per heavy atom. The normalized spacial score (nSPS) is 10.6. The molecule has 15 heavy (non-hydrogen) atoms. The number of halogens is 2. The van der Waals surface area contributed by atoms with Crippen LogP contribution < -0.4 is 5.73 Å². The Morgan fingerprint density at radius 2 is 2.07 bits per heavy atom. The Balaban J connectivity index is 2.49. The monoisotopic (exact) mass is 285 g/mol. The molecule has 0 unspecified atom stereocenters. The smallest absolute Gasteiger partial charge is 0.146 e. The van der Waals surface area contributed by atoms with E-state index in [2.05, 4.69) is 22.0 Å². The number of hydrogen-bond acceptors (Lipinski definition) is 2. The average Bonchev–Trinajstić information content (AvgIpc) is 2.52. The summed E-state index contributed by atoms with van der Waals surface area (Å²) in [5.41, 5.74) is 7.84. The molecule has 78 valence electrons. The predicted molar refractivity (Wildman–Crippen MR) is 66.6 cm³/mol.